The van der Waals surface area contributed by atoms with Gasteiger partial charge in [-0.3, -0.25) is 4.79 Å². The Balaban J connectivity index is 2.13. The lowest BCUT2D eigenvalue weighted by atomic mass is 10.2. The molecule has 18 heavy (non-hydrogen) atoms. The van der Waals surface area contributed by atoms with Gasteiger partial charge in [-0.1, -0.05) is 13.8 Å². The lowest BCUT2D eigenvalue weighted by molar-refractivity contribution is 0.530. The molecule has 0 atom stereocenters. The maximum Gasteiger partial charge on any atom is 0.186 e. The molecule has 1 heterocycles. The van der Waals surface area contributed by atoms with Gasteiger partial charge in [0.1, 0.15) is 0 Å². The van der Waals surface area contributed by atoms with Crippen molar-refractivity contribution < 1.29 is 0 Å². The van der Waals surface area contributed by atoms with Crippen LogP contribution in [0.3, 0.4) is 0 Å². The van der Waals surface area contributed by atoms with Crippen LogP contribution in [0.2, 0.25) is 0 Å². The summed E-state index contributed by atoms with van der Waals surface area (Å²) in [6.45, 7) is 9.95. The average Bonchev–Trinajstić information content (AvgIpc) is 2.30. The van der Waals surface area contributed by atoms with Crippen molar-refractivity contribution in [3.05, 3.63) is 33.7 Å². The summed E-state index contributed by atoms with van der Waals surface area (Å²) < 4.78 is 0. The summed E-state index contributed by atoms with van der Waals surface area (Å²) in [5, 5.41) is 6.68. The molecule has 3 N–H and O–H groups in total. The first-order chi connectivity index (χ1) is 8.59. The zero-order chi connectivity index (χ0) is 13.4. The molecule has 0 spiro atoms. The molecule has 0 bridgehead atoms. The molecule has 4 nitrogen and oxygen atoms in total. The van der Waals surface area contributed by atoms with Crippen LogP contribution in [0.25, 0.3) is 0 Å². The van der Waals surface area contributed by atoms with Gasteiger partial charge in [0.15, 0.2) is 5.43 Å². The molecular weight excluding hydrogens is 226 g/mol. The predicted octanol–water partition coefficient (Wildman–Crippen LogP) is 1.41. The summed E-state index contributed by atoms with van der Waals surface area (Å²) in [4.78, 5) is 14.7. The largest absolute Gasteiger partial charge is 0.365 e. The van der Waals surface area contributed by atoms with Crippen LogP contribution in [0, 0.1) is 12.8 Å². The molecule has 0 saturated carbocycles. The number of aromatic nitrogens is 1. The Morgan fingerprint density at radius 3 is 2.67 bits per heavy atom. The highest BCUT2D eigenvalue weighted by molar-refractivity contribution is 5.13. The van der Waals surface area contributed by atoms with E-state index in [0.717, 1.165) is 37.3 Å². The fourth-order valence-corrected chi connectivity index (χ4v) is 1.69. The third kappa shape index (κ3) is 5.98. The van der Waals surface area contributed by atoms with Gasteiger partial charge in [-0.15, -0.1) is 0 Å². The van der Waals surface area contributed by atoms with Gasteiger partial charge in [0.25, 0.3) is 0 Å². The molecule has 0 aliphatic carbocycles. The quantitative estimate of drug-likeness (QED) is 0.612. The minimum absolute atomic E-state index is 0.108. The fraction of sp³-hybridized carbons (Fsp3) is 0.643. The van der Waals surface area contributed by atoms with Gasteiger partial charge in [-0.25, -0.2) is 0 Å². The van der Waals surface area contributed by atoms with Crippen molar-refractivity contribution in [3.63, 3.8) is 0 Å². The second-order valence-electron chi connectivity index (χ2n) is 5.13. The van der Waals surface area contributed by atoms with Gasteiger partial charge in [-0.05, 0) is 38.9 Å². The topological polar surface area (TPSA) is 56.9 Å². The molecule has 1 aromatic heterocycles. The van der Waals surface area contributed by atoms with E-state index < -0.39 is 0 Å². The zero-order valence-corrected chi connectivity index (χ0v) is 11.7. The standard InChI is InChI=1S/C14H25N3O/c1-11(2)8-15-5-4-6-16-9-13-10-17-12(3)7-14(13)18/h7,10-11,15-16H,4-6,8-9H2,1-3H3,(H,17,18). The van der Waals surface area contributed by atoms with Crippen molar-refractivity contribution >= 4 is 0 Å². The van der Waals surface area contributed by atoms with E-state index in [0.29, 0.717) is 12.5 Å². The van der Waals surface area contributed by atoms with E-state index in [4.69, 9.17) is 0 Å². The molecule has 1 aromatic rings. The zero-order valence-electron chi connectivity index (χ0n) is 11.7. The van der Waals surface area contributed by atoms with E-state index in [9.17, 15) is 4.79 Å². The van der Waals surface area contributed by atoms with Crippen molar-refractivity contribution in [1.29, 1.82) is 0 Å². The lowest BCUT2D eigenvalue weighted by Gasteiger charge is -2.08. The molecular formula is C14H25N3O. The average molecular weight is 251 g/mol. The van der Waals surface area contributed by atoms with Crippen LogP contribution >= 0.6 is 0 Å². The van der Waals surface area contributed by atoms with Gasteiger partial charge in [0.2, 0.25) is 0 Å². The fourth-order valence-electron chi connectivity index (χ4n) is 1.69. The number of aromatic amines is 1. The van der Waals surface area contributed by atoms with E-state index in [1.807, 2.05) is 6.92 Å². The van der Waals surface area contributed by atoms with Gasteiger partial charge >= 0.3 is 0 Å². The highest BCUT2D eigenvalue weighted by atomic mass is 16.1. The molecule has 0 radical (unpaired) electrons. The van der Waals surface area contributed by atoms with E-state index in [1.54, 1.807) is 12.3 Å². The molecule has 0 aliphatic rings. The predicted molar refractivity (Wildman–Crippen MR) is 75.8 cm³/mol. The Bertz CT molecular complexity index is 398. The summed E-state index contributed by atoms with van der Waals surface area (Å²) >= 11 is 0. The van der Waals surface area contributed by atoms with Gasteiger partial charge in [-0.2, -0.15) is 0 Å². The highest BCUT2D eigenvalue weighted by Crippen LogP contribution is 1.91. The minimum atomic E-state index is 0.108. The smallest absolute Gasteiger partial charge is 0.186 e. The highest BCUT2D eigenvalue weighted by Gasteiger charge is 1.98. The summed E-state index contributed by atoms with van der Waals surface area (Å²) in [6, 6.07) is 1.64. The monoisotopic (exact) mass is 251 g/mol. The van der Waals surface area contributed by atoms with Gasteiger partial charge < -0.3 is 15.6 Å². The molecule has 0 aromatic carbocycles. The Kier molecular flexibility index (Phi) is 6.68. The third-order valence-corrected chi connectivity index (χ3v) is 2.71. The second kappa shape index (κ2) is 8.06. The Morgan fingerprint density at radius 2 is 2.00 bits per heavy atom. The molecule has 0 fully saturated rings. The number of H-pyrrole nitrogens is 1. The van der Waals surface area contributed by atoms with Crippen LogP contribution in [-0.2, 0) is 6.54 Å². The van der Waals surface area contributed by atoms with Crippen LogP contribution in [0.1, 0.15) is 31.5 Å². The van der Waals surface area contributed by atoms with Crippen LogP contribution in [0.15, 0.2) is 17.1 Å². The Hall–Kier alpha value is -1.13. The third-order valence-electron chi connectivity index (χ3n) is 2.71. The normalized spacial score (nSPS) is 11.1. The molecule has 0 amide bonds. The molecule has 0 saturated heterocycles. The lowest BCUT2D eigenvalue weighted by Crippen LogP contribution is -2.25. The first-order valence-corrected chi connectivity index (χ1v) is 6.69. The van der Waals surface area contributed by atoms with Crippen molar-refractivity contribution in [1.82, 2.24) is 15.6 Å². The SMILES string of the molecule is Cc1cc(=O)c(CNCCCNCC(C)C)c[nH]1. The maximum atomic E-state index is 11.6. The molecule has 4 heteroatoms. The second-order valence-corrected chi connectivity index (χ2v) is 5.13. The number of hydrogen-bond acceptors (Lipinski definition) is 3. The number of pyridine rings is 1. The molecule has 102 valence electrons. The molecule has 0 unspecified atom stereocenters. The first kappa shape index (κ1) is 14.9. The maximum absolute atomic E-state index is 11.6. The van der Waals surface area contributed by atoms with Crippen LogP contribution in [-0.4, -0.2) is 24.6 Å². The Morgan fingerprint density at radius 1 is 1.28 bits per heavy atom. The van der Waals surface area contributed by atoms with Crippen molar-refractivity contribution in [3.8, 4) is 0 Å². The molecule has 0 aliphatic heterocycles. The number of hydrogen-bond donors (Lipinski definition) is 3. The van der Waals surface area contributed by atoms with Crippen molar-refractivity contribution in [2.24, 2.45) is 5.92 Å². The van der Waals surface area contributed by atoms with Crippen LogP contribution in [0.5, 0.6) is 0 Å². The molecule has 1 rings (SSSR count). The van der Waals surface area contributed by atoms with Crippen LogP contribution in [0.4, 0.5) is 0 Å². The summed E-state index contributed by atoms with van der Waals surface area (Å²) in [5.41, 5.74) is 1.81. The van der Waals surface area contributed by atoms with E-state index >= 15 is 0 Å². The van der Waals surface area contributed by atoms with E-state index in [-0.39, 0.29) is 5.43 Å². The van der Waals surface area contributed by atoms with E-state index in [1.165, 1.54) is 0 Å². The van der Waals surface area contributed by atoms with Crippen molar-refractivity contribution in [2.45, 2.75) is 33.7 Å². The van der Waals surface area contributed by atoms with Crippen molar-refractivity contribution in [2.75, 3.05) is 19.6 Å². The number of rotatable bonds is 8. The Labute approximate surface area is 109 Å². The van der Waals surface area contributed by atoms with Gasteiger partial charge in [0.05, 0.1) is 0 Å². The minimum Gasteiger partial charge on any atom is -0.365 e. The van der Waals surface area contributed by atoms with Crippen LogP contribution < -0.4 is 16.1 Å². The van der Waals surface area contributed by atoms with Gasteiger partial charge in [0, 0.05) is 30.1 Å². The van der Waals surface area contributed by atoms with E-state index in [2.05, 4.69) is 29.5 Å². The summed E-state index contributed by atoms with van der Waals surface area (Å²) in [7, 11) is 0. The number of aryl methyl sites for hydroxylation is 1. The summed E-state index contributed by atoms with van der Waals surface area (Å²) in [5.74, 6) is 0.698. The first-order valence-electron chi connectivity index (χ1n) is 6.69. The summed E-state index contributed by atoms with van der Waals surface area (Å²) in [6.07, 6.45) is 2.87. The number of nitrogens with one attached hydrogen (secondary N) is 3.